The van der Waals surface area contributed by atoms with E-state index in [0.717, 1.165) is 61.3 Å². The number of amides is 2. The summed E-state index contributed by atoms with van der Waals surface area (Å²) in [5, 5.41) is 3.84. The van der Waals surface area contributed by atoms with Crippen molar-refractivity contribution in [3.63, 3.8) is 0 Å². The first-order valence-corrected chi connectivity index (χ1v) is 11.9. The van der Waals surface area contributed by atoms with E-state index >= 15 is 0 Å². The maximum atomic E-state index is 13.4. The van der Waals surface area contributed by atoms with Crippen LogP contribution in [0.1, 0.15) is 76.8 Å². The summed E-state index contributed by atoms with van der Waals surface area (Å²) in [4.78, 5) is 29.6. The molecule has 4 nitrogen and oxygen atoms in total. The van der Waals surface area contributed by atoms with E-state index in [1.807, 2.05) is 36.1 Å². The fourth-order valence-corrected chi connectivity index (χ4v) is 5.99. The fraction of sp³-hybridized carbons (Fsp3) is 0.520. The van der Waals surface area contributed by atoms with E-state index < -0.39 is 0 Å². The molecule has 1 saturated heterocycles. The molecule has 1 atom stereocenters. The largest absolute Gasteiger partial charge is 0.339 e. The van der Waals surface area contributed by atoms with Crippen molar-refractivity contribution in [2.75, 3.05) is 18.4 Å². The lowest BCUT2D eigenvalue weighted by Crippen LogP contribution is -2.30. The Hall–Kier alpha value is -2.14. The number of fused-ring (bicyclic) bond motifs is 1. The van der Waals surface area contributed by atoms with Crippen molar-refractivity contribution in [1.29, 1.82) is 0 Å². The molecule has 0 spiro atoms. The van der Waals surface area contributed by atoms with Crippen molar-refractivity contribution < 1.29 is 9.59 Å². The molecule has 1 aliphatic heterocycles. The van der Waals surface area contributed by atoms with Crippen molar-refractivity contribution in [3.05, 3.63) is 51.4 Å². The standard InChI is InChI=1S/C25H32N2O2S/c1-16-8-7-9-17(14-16)22(28)26-23-21(24(29)27-12-5-6-13-27)19-11-10-18(25(2,3)4)15-20(19)30-23/h7-9,14,18H,5-6,10-13,15H2,1-4H3,(H,26,28). The van der Waals surface area contributed by atoms with E-state index in [9.17, 15) is 9.59 Å². The summed E-state index contributed by atoms with van der Waals surface area (Å²) < 4.78 is 0. The predicted octanol–water partition coefficient (Wildman–Crippen LogP) is 5.70. The van der Waals surface area contributed by atoms with Crippen LogP contribution in [0.3, 0.4) is 0 Å². The maximum absolute atomic E-state index is 13.4. The van der Waals surface area contributed by atoms with Crippen molar-refractivity contribution in [1.82, 2.24) is 4.90 Å². The molecular weight excluding hydrogens is 392 g/mol. The molecule has 1 N–H and O–H groups in total. The Balaban J connectivity index is 1.69. The number of anilines is 1. The number of rotatable bonds is 3. The topological polar surface area (TPSA) is 49.4 Å². The minimum Gasteiger partial charge on any atom is -0.339 e. The van der Waals surface area contributed by atoms with Crippen molar-refractivity contribution in [2.24, 2.45) is 11.3 Å². The average molecular weight is 425 g/mol. The minimum absolute atomic E-state index is 0.0961. The molecule has 2 heterocycles. The highest BCUT2D eigenvalue weighted by Crippen LogP contribution is 2.45. The number of aryl methyl sites for hydroxylation is 1. The van der Waals surface area contributed by atoms with Gasteiger partial charge in [0.05, 0.1) is 5.56 Å². The van der Waals surface area contributed by atoms with Gasteiger partial charge in [-0.05, 0) is 68.1 Å². The minimum atomic E-state index is -0.139. The number of likely N-dealkylation sites (tertiary alicyclic amines) is 1. The second-order valence-electron chi connectivity index (χ2n) is 9.84. The predicted molar refractivity (Wildman–Crippen MR) is 124 cm³/mol. The summed E-state index contributed by atoms with van der Waals surface area (Å²) >= 11 is 1.62. The number of carbonyl (C=O) groups is 2. The van der Waals surface area contributed by atoms with Gasteiger partial charge in [0, 0.05) is 23.5 Å². The molecule has 1 aliphatic carbocycles. The SMILES string of the molecule is Cc1cccc(C(=O)Nc2sc3c(c2C(=O)N2CCCC2)CCC(C(C)(C)C)C3)c1. The van der Waals surface area contributed by atoms with Crippen molar-refractivity contribution in [2.45, 2.75) is 59.8 Å². The lowest BCUT2D eigenvalue weighted by atomic mass is 9.72. The second kappa shape index (κ2) is 8.18. The number of hydrogen-bond donors (Lipinski definition) is 1. The van der Waals surface area contributed by atoms with Crippen LogP contribution in [0.2, 0.25) is 0 Å². The molecule has 0 bridgehead atoms. The van der Waals surface area contributed by atoms with Crippen LogP contribution in [0, 0.1) is 18.3 Å². The van der Waals surface area contributed by atoms with Gasteiger partial charge in [-0.15, -0.1) is 11.3 Å². The quantitative estimate of drug-likeness (QED) is 0.687. The summed E-state index contributed by atoms with van der Waals surface area (Å²) in [6, 6.07) is 7.59. The lowest BCUT2D eigenvalue weighted by Gasteiger charge is -2.34. The average Bonchev–Trinajstić information content (AvgIpc) is 3.34. The van der Waals surface area contributed by atoms with Gasteiger partial charge in [0.2, 0.25) is 0 Å². The third kappa shape index (κ3) is 4.18. The first-order chi connectivity index (χ1) is 14.2. The van der Waals surface area contributed by atoms with Gasteiger partial charge in [-0.2, -0.15) is 0 Å². The van der Waals surface area contributed by atoms with Crippen LogP contribution in [0.25, 0.3) is 0 Å². The summed E-state index contributed by atoms with van der Waals surface area (Å²) in [6.45, 7) is 10.5. The Morgan fingerprint density at radius 3 is 2.57 bits per heavy atom. The van der Waals surface area contributed by atoms with Crippen LogP contribution < -0.4 is 5.32 Å². The summed E-state index contributed by atoms with van der Waals surface area (Å²) in [5.74, 6) is 0.553. The zero-order chi connectivity index (χ0) is 21.5. The Labute approximate surface area is 183 Å². The van der Waals surface area contributed by atoms with Crippen LogP contribution in [-0.4, -0.2) is 29.8 Å². The molecule has 0 radical (unpaired) electrons. The van der Waals surface area contributed by atoms with Gasteiger partial charge in [-0.25, -0.2) is 0 Å². The summed E-state index contributed by atoms with van der Waals surface area (Å²) in [6.07, 6.45) is 5.14. The molecule has 160 valence electrons. The fourth-order valence-electron chi connectivity index (χ4n) is 4.68. The number of hydrogen-bond acceptors (Lipinski definition) is 3. The third-order valence-corrected chi connectivity index (χ3v) is 7.77. The van der Waals surface area contributed by atoms with Gasteiger partial charge < -0.3 is 10.2 Å². The highest BCUT2D eigenvalue weighted by Gasteiger charge is 2.35. The van der Waals surface area contributed by atoms with Crippen LogP contribution in [0.4, 0.5) is 5.00 Å². The zero-order valence-electron chi connectivity index (χ0n) is 18.5. The van der Waals surface area contributed by atoms with E-state index in [0.29, 0.717) is 11.5 Å². The number of thiophene rings is 1. The number of carbonyl (C=O) groups excluding carboxylic acids is 2. The second-order valence-corrected chi connectivity index (χ2v) is 10.9. The molecule has 2 amide bonds. The number of benzene rings is 1. The Morgan fingerprint density at radius 1 is 1.17 bits per heavy atom. The molecule has 1 aromatic carbocycles. The van der Waals surface area contributed by atoms with E-state index in [1.54, 1.807) is 11.3 Å². The van der Waals surface area contributed by atoms with E-state index in [-0.39, 0.29) is 17.2 Å². The Morgan fingerprint density at radius 2 is 1.90 bits per heavy atom. The number of nitrogens with zero attached hydrogens (tertiary/aromatic N) is 1. The Kier molecular flexibility index (Phi) is 5.75. The molecule has 1 unspecified atom stereocenters. The molecule has 1 fully saturated rings. The van der Waals surface area contributed by atoms with Gasteiger partial charge in [-0.3, -0.25) is 9.59 Å². The molecule has 4 rings (SSSR count). The molecule has 0 saturated carbocycles. The van der Waals surface area contributed by atoms with Crippen LogP contribution in [-0.2, 0) is 12.8 Å². The van der Waals surface area contributed by atoms with Gasteiger partial charge in [0.25, 0.3) is 11.8 Å². The van der Waals surface area contributed by atoms with Crippen LogP contribution in [0.5, 0.6) is 0 Å². The highest BCUT2D eigenvalue weighted by molar-refractivity contribution is 7.17. The van der Waals surface area contributed by atoms with Gasteiger partial charge in [0.1, 0.15) is 5.00 Å². The molecule has 30 heavy (non-hydrogen) atoms. The van der Waals surface area contributed by atoms with Gasteiger partial charge >= 0.3 is 0 Å². The molecule has 1 aromatic heterocycles. The van der Waals surface area contributed by atoms with Crippen molar-refractivity contribution >= 4 is 28.2 Å². The van der Waals surface area contributed by atoms with Gasteiger partial charge in [0.15, 0.2) is 0 Å². The molecule has 2 aliphatic rings. The Bertz CT molecular complexity index is 964. The first kappa shape index (κ1) is 21.1. The monoisotopic (exact) mass is 424 g/mol. The normalized spacial score (nSPS) is 18.9. The van der Waals surface area contributed by atoms with E-state index in [4.69, 9.17) is 0 Å². The molecular formula is C25H32N2O2S. The molecule has 5 heteroatoms. The van der Waals surface area contributed by atoms with Crippen LogP contribution >= 0.6 is 11.3 Å². The molecule has 2 aromatic rings. The third-order valence-electron chi connectivity index (χ3n) is 6.60. The van der Waals surface area contributed by atoms with Gasteiger partial charge in [-0.1, -0.05) is 38.5 Å². The number of nitrogens with one attached hydrogen (secondary N) is 1. The van der Waals surface area contributed by atoms with E-state index in [2.05, 4.69) is 26.1 Å². The van der Waals surface area contributed by atoms with Crippen LogP contribution in [0.15, 0.2) is 24.3 Å². The summed E-state index contributed by atoms with van der Waals surface area (Å²) in [5.41, 5.74) is 3.86. The smallest absolute Gasteiger partial charge is 0.257 e. The highest BCUT2D eigenvalue weighted by atomic mass is 32.1. The lowest BCUT2D eigenvalue weighted by molar-refractivity contribution is 0.0792. The summed E-state index contributed by atoms with van der Waals surface area (Å²) in [7, 11) is 0. The van der Waals surface area contributed by atoms with Crippen molar-refractivity contribution in [3.8, 4) is 0 Å². The maximum Gasteiger partial charge on any atom is 0.257 e. The first-order valence-electron chi connectivity index (χ1n) is 11.1. The van der Waals surface area contributed by atoms with E-state index in [1.165, 1.54) is 10.4 Å². The zero-order valence-corrected chi connectivity index (χ0v) is 19.3.